The molecule has 0 atom stereocenters. The van der Waals surface area contributed by atoms with Gasteiger partial charge in [-0.1, -0.05) is 35.3 Å². The van der Waals surface area contributed by atoms with Crippen molar-refractivity contribution in [2.45, 2.75) is 6.54 Å². The maximum Gasteiger partial charge on any atom is 0.255 e. The zero-order chi connectivity index (χ0) is 23.4. The molecule has 0 spiro atoms. The van der Waals surface area contributed by atoms with Crippen LogP contribution in [0, 0.1) is 0 Å². The lowest BCUT2D eigenvalue weighted by atomic mass is 10.2. The predicted octanol–water partition coefficient (Wildman–Crippen LogP) is 4.60. The van der Waals surface area contributed by atoms with Crippen LogP contribution >= 0.6 is 23.2 Å². The first-order valence-electron chi connectivity index (χ1n) is 10.6. The third-order valence-electron chi connectivity index (χ3n) is 5.31. The number of benzene rings is 1. The minimum atomic E-state index is -0.0521. The van der Waals surface area contributed by atoms with Crippen molar-refractivity contribution in [3.63, 3.8) is 0 Å². The predicted molar refractivity (Wildman–Crippen MR) is 131 cm³/mol. The monoisotopic (exact) mass is 485 g/mol. The Morgan fingerprint density at radius 2 is 1.79 bits per heavy atom. The molecule has 1 fully saturated rings. The molecule has 3 heterocycles. The van der Waals surface area contributed by atoms with Gasteiger partial charge in [0.25, 0.3) is 5.91 Å². The Hall–Kier alpha value is -2.87. The lowest BCUT2D eigenvalue weighted by Crippen LogP contribution is -2.49. The van der Waals surface area contributed by atoms with E-state index >= 15 is 0 Å². The minimum Gasteiger partial charge on any atom is -0.437 e. The van der Waals surface area contributed by atoms with Gasteiger partial charge < -0.3 is 19.4 Å². The smallest absolute Gasteiger partial charge is 0.255 e. The van der Waals surface area contributed by atoms with Crippen LogP contribution in [0.1, 0.15) is 15.9 Å². The summed E-state index contributed by atoms with van der Waals surface area (Å²) < 4.78 is 5.69. The lowest BCUT2D eigenvalue weighted by Gasteiger charge is -2.35. The molecule has 9 heteroatoms. The number of hydrogen-bond donors (Lipinski definition) is 0. The molecule has 3 aromatic rings. The summed E-state index contributed by atoms with van der Waals surface area (Å²) in [6, 6.07) is 12.6. The summed E-state index contributed by atoms with van der Waals surface area (Å²) in [4.78, 5) is 27.9. The van der Waals surface area contributed by atoms with E-state index in [1.54, 1.807) is 30.3 Å². The number of nitrogens with zero attached hydrogens (tertiary/aromatic N) is 5. The number of ether oxygens (including phenoxy) is 1. The Balaban J connectivity index is 1.33. The fourth-order valence-electron chi connectivity index (χ4n) is 3.63. The summed E-state index contributed by atoms with van der Waals surface area (Å²) in [6.07, 6.45) is 3.44. The summed E-state index contributed by atoms with van der Waals surface area (Å²) in [7, 11) is 4.07. The van der Waals surface area contributed by atoms with E-state index in [1.807, 2.05) is 31.3 Å². The van der Waals surface area contributed by atoms with Gasteiger partial charge in [0.1, 0.15) is 16.6 Å². The van der Waals surface area contributed by atoms with Gasteiger partial charge in [-0.15, -0.1) is 0 Å². The molecule has 172 valence electrons. The van der Waals surface area contributed by atoms with Crippen molar-refractivity contribution in [1.82, 2.24) is 19.8 Å². The van der Waals surface area contributed by atoms with Gasteiger partial charge in [0.2, 0.25) is 5.88 Å². The van der Waals surface area contributed by atoms with Crippen LogP contribution in [0.4, 0.5) is 5.82 Å². The molecule has 1 amide bonds. The number of carbonyl (C=O) groups excluding carboxylic acids is 1. The van der Waals surface area contributed by atoms with E-state index in [4.69, 9.17) is 27.9 Å². The second kappa shape index (κ2) is 10.4. The first-order chi connectivity index (χ1) is 15.9. The average molecular weight is 486 g/mol. The van der Waals surface area contributed by atoms with Crippen LogP contribution in [0.2, 0.25) is 10.0 Å². The standard InChI is InChI=1S/C24H25Cl2N5O2/c1-29(2)16-17-6-8-21(27-14-17)30-10-12-31(13-11-30)24(32)18-7-9-22(28-15-18)33-20-5-3-4-19(25)23(20)26/h3-9,14-15H,10-13,16H2,1-2H3. The average Bonchev–Trinajstić information content (AvgIpc) is 2.82. The highest BCUT2D eigenvalue weighted by Crippen LogP contribution is 2.34. The summed E-state index contributed by atoms with van der Waals surface area (Å²) in [5.74, 6) is 1.63. The number of rotatable bonds is 6. The maximum absolute atomic E-state index is 12.9. The Kier molecular flexibility index (Phi) is 7.33. The molecule has 0 aliphatic carbocycles. The van der Waals surface area contributed by atoms with Gasteiger partial charge in [-0.3, -0.25) is 4.79 Å². The normalized spacial score (nSPS) is 14.0. The van der Waals surface area contributed by atoms with Gasteiger partial charge in [-0.05, 0) is 43.9 Å². The van der Waals surface area contributed by atoms with Crippen LogP contribution in [0.3, 0.4) is 0 Å². The van der Waals surface area contributed by atoms with E-state index in [2.05, 4.69) is 25.8 Å². The van der Waals surface area contributed by atoms with Gasteiger partial charge >= 0.3 is 0 Å². The molecule has 0 unspecified atom stereocenters. The van der Waals surface area contributed by atoms with Gasteiger partial charge in [-0.25, -0.2) is 9.97 Å². The second-order valence-corrected chi connectivity index (χ2v) is 8.87. The molecule has 1 aliphatic rings. The van der Waals surface area contributed by atoms with E-state index in [0.29, 0.717) is 40.3 Å². The number of pyridine rings is 2. The van der Waals surface area contributed by atoms with Gasteiger partial charge in [0.05, 0.1) is 10.6 Å². The van der Waals surface area contributed by atoms with Crippen molar-refractivity contribution in [2.24, 2.45) is 0 Å². The number of anilines is 1. The lowest BCUT2D eigenvalue weighted by molar-refractivity contribution is 0.0746. The number of carbonyl (C=O) groups is 1. The fourth-order valence-corrected chi connectivity index (χ4v) is 3.96. The zero-order valence-corrected chi connectivity index (χ0v) is 20.1. The zero-order valence-electron chi connectivity index (χ0n) is 18.5. The van der Waals surface area contributed by atoms with E-state index in [1.165, 1.54) is 11.8 Å². The molecule has 0 radical (unpaired) electrons. The van der Waals surface area contributed by atoms with E-state index in [0.717, 1.165) is 25.5 Å². The van der Waals surface area contributed by atoms with Crippen molar-refractivity contribution < 1.29 is 9.53 Å². The number of halogens is 2. The van der Waals surface area contributed by atoms with Crippen LogP contribution in [0.5, 0.6) is 11.6 Å². The Bertz CT molecular complexity index is 1100. The first-order valence-corrected chi connectivity index (χ1v) is 11.4. The van der Waals surface area contributed by atoms with Crippen molar-refractivity contribution in [3.8, 4) is 11.6 Å². The van der Waals surface area contributed by atoms with Gasteiger partial charge in [-0.2, -0.15) is 0 Å². The van der Waals surface area contributed by atoms with Crippen molar-refractivity contribution in [1.29, 1.82) is 0 Å². The molecule has 0 saturated carbocycles. The van der Waals surface area contributed by atoms with E-state index in [-0.39, 0.29) is 5.91 Å². The highest BCUT2D eigenvalue weighted by Gasteiger charge is 2.23. The largest absolute Gasteiger partial charge is 0.437 e. The molecule has 2 aromatic heterocycles. The molecule has 1 saturated heterocycles. The maximum atomic E-state index is 12.9. The topological polar surface area (TPSA) is 61.8 Å². The second-order valence-electron chi connectivity index (χ2n) is 8.08. The SMILES string of the molecule is CN(C)Cc1ccc(N2CCN(C(=O)c3ccc(Oc4cccc(Cl)c4Cl)nc3)CC2)nc1. The molecule has 7 nitrogen and oxygen atoms in total. The molecule has 0 N–H and O–H groups in total. The van der Waals surface area contributed by atoms with E-state index < -0.39 is 0 Å². The first kappa shape index (κ1) is 23.3. The highest BCUT2D eigenvalue weighted by atomic mass is 35.5. The van der Waals surface area contributed by atoms with Crippen molar-refractivity contribution in [3.05, 3.63) is 76.0 Å². The third kappa shape index (κ3) is 5.74. The summed E-state index contributed by atoms with van der Waals surface area (Å²) in [6.45, 7) is 3.56. The van der Waals surface area contributed by atoms with E-state index in [9.17, 15) is 4.79 Å². The van der Waals surface area contributed by atoms with Crippen LogP contribution < -0.4 is 9.64 Å². The number of hydrogen-bond acceptors (Lipinski definition) is 6. The summed E-state index contributed by atoms with van der Waals surface area (Å²) in [5, 5.41) is 0.723. The molecule has 33 heavy (non-hydrogen) atoms. The Morgan fingerprint density at radius 3 is 2.42 bits per heavy atom. The highest BCUT2D eigenvalue weighted by molar-refractivity contribution is 6.42. The fraction of sp³-hybridized carbons (Fsp3) is 0.292. The molecule has 1 aromatic carbocycles. The molecular weight excluding hydrogens is 461 g/mol. The summed E-state index contributed by atoms with van der Waals surface area (Å²) >= 11 is 12.2. The molecular formula is C24H25Cl2N5O2. The minimum absolute atomic E-state index is 0.0521. The molecule has 1 aliphatic heterocycles. The van der Waals surface area contributed by atoms with Gasteiger partial charge in [0, 0.05) is 51.2 Å². The summed E-state index contributed by atoms with van der Waals surface area (Å²) in [5.41, 5.74) is 1.69. The molecule has 4 rings (SSSR count). The van der Waals surface area contributed by atoms with Gasteiger partial charge in [0.15, 0.2) is 0 Å². The quantitative estimate of drug-likeness (QED) is 0.508. The van der Waals surface area contributed by atoms with Crippen molar-refractivity contribution in [2.75, 3.05) is 45.2 Å². The van der Waals surface area contributed by atoms with Crippen LogP contribution in [0.25, 0.3) is 0 Å². The third-order valence-corrected chi connectivity index (χ3v) is 6.11. The number of aromatic nitrogens is 2. The van der Waals surface area contributed by atoms with Crippen LogP contribution in [0.15, 0.2) is 54.9 Å². The number of amides is 1. The van der Waals surface area contributed by atoms with Crippen LogP contribution in [-0.2, 0) is 6.54 Å². The Morgan fingerprint density at radius 1 is 1.00 bits per heavy atom. The van der Waals surface area contributed by atoms with Crippen LogP contribution in [-0.4, -0.2) is 65.9 Å². The number of piperazine rings is 1. The van der Waals surface area contributed by atoms with Crippen molar-refractivity contribution >= 4 is 34.9 Å². The molecule has 0 bridgehead atoms. The Labute approximate surface area is 203 Å².